The fourth-order valence-electron chi connectivity index (χ4n) is 1.19. The van der Waals surface area contributed by atoms with Crippen LogP contribution < -0.4 is 0 Å². The average Bonchev–Trinajstić information content (AvgIpc) is 2.50. The molecular formula is C8H6BrIN2. The maximum Gasteiger partial charge on any atom is 0.0932 e. The summed E-state index contributed by atoms with van der Waals surface area (Å²) >= 11 is 5.75. The van der Waals surface area contributed by atoms with Crippen molar-refractivity contribution in [1.29, 1.82) is 0 Å². The van der Waals surface area contributed by atoms with Gasteiger partial charge >= 0.3 is 0 Å². The third-order valence-electron chi connectivity index (χ3n) is 1.71. The number of alkyl halides is 1. The smallest absolute Gasteiger partial charge is 0.0932 e. The molecule has 0 atom stereocenters. The number of halogens is 2. The Morgan fingerprint density at radius 2 is 2.33 bits per heavy atom. The number of benzene rings is 1. The molecular weight excluding hydrogens is 331 g/mol. The fourth-order valence-corrected chi connectivity index (χ4v) is 2.30. The Labute approximate surface area is 92.0 Å². The van der Waals surface area contributed by atoms with Gasteiger partial charge in [0.15, 0.2) is 0 Å². The van der Waals surface area contributed by atoms with Crippen molar-refractivity contribution in [2.45, 2.75) is 5.33 Å². The van der Waals surface area contributed by atoms with E-state index < -0.39 is 0 Å². The normalized spacial score (nSPS) is 10.8. The van der Waals surface area contributed by atoms with Crippen molar-refractivity contribution in [3.05, 3.63) is 27.6 Å². The van der Waals surface area contributed by atoms with Crippen LogP contribution in [0.25, 0.3) is 11.0 Å². The largest absolute Gasteiger partial charge is 0.345 e. The van der Waals surface area contributed by atoms with Crippen LogP contribution >= 0.6 is 38.5 Å². The minimum Gasteiger partial charge on any atom is -0.345 e. The minimum atomic E-state index is 0.852. The Morgan fingerprint density at radius 1 is 1.50 bits per heavy atom. The van der Waals surface area contributed by atoms with Crippen LogP contribution in [0.2, 0.25) is 0 Å². The molecule has 0 amide bonds. The summed E-state index contributed by atoms with van der Waals surface area (Å²) in [6, 6.07) is 4.23. The van der Waals surface area contributed by atoms with E-state index in [2.05, 4.69) is 60.6 Å². The summed E-state index contributed by atoms with van der Waals surface area (Å²) in [7, 11) is 0. The highest BCUT2D eigenvalue weighted by Gasteiger charge is 2.03. The molecule has 2 aromatic rings. The SMILES string of the molecule is BrCc1cc(I)cc2[nH]cnc12. The molecule has 2 nitrogen and oxygen atoms in total. The highest BCUT2D eigenvalue weighted by atomic mass is 127. The van der Waals surface area contributed by atoms with Crippen molar-refractivity contribution in [3.63, 3.8) is 0 Å². The Kier molecular flexibility index (Phi) is 2.36. The molecule has 0 saturated heterocycles. The third kappa shape index (κ3) is 1.37. The zero-order chi connectivity index (χ0) is 8.55. The molecule has 0 aliphatic carbocycles. The summed E-state index contributed by atoms with van der Waals surface area (Å²) in [5.41, 5.74) is 3.40. The van der Waals surface area contributed by atoms with Crippen molar-refractivity contribution < 1.29 is 0 Å². The second-order valence-corrected chi connectivity index (χ2v) is 4.30. The Hall–Kier alpha value is -0.100. The maximum atomic E-state index is 4.24. The first kappa shape index (κ1) is 8.50. The number of nitrogens with zero attached hydrogens (tertiary/aromatic N) is 1. The molecule has 2 rings (SSSR count). The monoisotopic (exact) mass is 336 g/mol. The first-order valence-electron chi connectivity index (χ1n) is 3.48. The summed E-state index contributed by atoms with van der Waals surface area (Å²) in [4.78, 5) is 7.34. The average molecular weight is 337 g/mol. The van der Waals surface area contributed by atoms with Gasteiger partial charge in [-0.2, -0.15) is 0 Å². The number of nitrogens with one attached hydrogen (secondary N) is 1. The Balaban J connectivity index is 2.80. The summed E-state index contributed by atoms with van der Waals surface area (Å²) in [6.07, 6.45) is 1.73. The van der Waals surface area contributed by atoms with Gasteiger partial charge < -0.3 is 4.98 Å². The van der Waals surface area contributed by atoms with Crippen LogP contribution in [0.5, 0.6) is 0 Å². The van der Waals surface area contributed by atoms with Crippen molar-refractivity contribution in [3.8, 4) is 0 Å². The second kappa shape index (κ2) is 3.33. The lowest BCUT2D eigenvalue weighted by molar-refractivity contribution is 1.33. The van der Waals surface area contributed by atoms with Crippen molar-refractivity contribution in [2.24, 2.45) is 0 Å². The van der Waals surface area contributed by atoms with Gasteiger partial charge in [0.05, 0.1) is 17.4 Å². The summed E-state index contributed by atoms with van der Waals surface area (Å²) in [6.45, 7) is 0. The predicted molar refractivity (Wildman–Crippen MR) is 61.4 cm³/mol. The van der Waals surface area contributed by atoms with Gasteiger partial charge in [0.25, 0.3) is 0 Å². The zero-order valence-corrected chi connectivity index (χ0v) is 9.89. The van der Waals surface area contributed by atoms with E-state index in [0.717, 1.165) is 16.4 Å². The van der Waals surface area contributed by atoms with Crippen LogP contribution in [0.3, 0.4) is 0 Å². The first-order chi connectivity index (χ1) is 5.81. The van der Waals surface area contributed by atoms with Gasteiger partial charge in [-0.3, -0.25) is 0 Å². The van der Waals surface area contributed by atoms with E-state index in [1.807, 2.05) is 0 Å². The number of aromatic amines is 1. The molecule has 1 aromatic heterocycles. The lowest BCUT2D eigenvalue weighted by Crippen LogP contribution is -1.82. The van der Waals surface area contributed by atoms with Crippen molar-refractivity contribution >= 4 is 49.6 Å². The molecule has 0 aliphatic heterocycles. The number of H-pyrrole nitrogens is 1. The lowest BCUT2D eigenvalue weighted by Gasteiger charge is -1.97. The number of imidazole rings is 1. The molecule has 0 radical (unpaired) electrons. The summed E-state index contributed by atoms with van der Waals surface area (Å²) in [5.74, 6) is 0. The van der Waals surface area contributed by atoms with E-state index in [4.69, 9.17) is 0 Å². The standard InChI is InChI=1S/C8H6BrIN2/c9-3-5-1-6(10)2-7-8(5)12-4-11-7/h1-2,4H,3H2,(H,11,12). The van der Waals surface area contributed by atoms with Gasteiger partial charge in [-0.25, -0.2) is 4.98 Å². The molecule has 62 valence electrons. The second-order valence-electron chi connectivity index (χ2n) is 2.50. The highest BCUT2D eigenvalue weighted by molar-refractivity contribution is 14.1. The van der Waals surface area contributed by atoms with Crippen LogP contribution in [-0.2, 0) is 5.33 Å². The van der Waals surface area contributed by atoms with Crippen LogP contribution in [0.4, 0.5) is 0 Å². The highest BCUT2D eigenvalue weighted by Crippen LogP contribution is 2.20. The minimum absolute atomic E-state index is 0.852. The molecule has 0 aliphatic rings. The molecule has 1 aromatic carbocycles. The van der Waals surface area contributed by atoms with Crippen LogP contribution in [0.15, 0.2) is 18.5 Å². The molecule has 0 unspecified atom stereocenters. The molecule has 12 heavy (non-hydrogen) atoms. The van der Waals surface area contributed by atoms with E-state index in [9.17, 15) is 0 Å². The number of hydrogen-bond donors (Lipinski definition) is 1. The van der Waals surface area contributed by atoms with E-state index in [-0.39, 0.29) is 0 Å². The van der Waals surface area contributed by atoms with Crippen LogP contribution in [0.1, 0.15) is 5.56 Å². The number of fused-ring (bicyclic) bond motifs is 1. The molecule has 0 spiro atoms. The molecule has 1 heterocycles. The lowest BCUT2D eigenvalue weighted by atomic mass is 10.2. The summed E-state index contributed by atoms with van der Waals surface area (Å²) < 4.78 is 1.24. The number of rotatable bonds is 1. The fraction of sp³-hybridized carbons (Fsp3) is 0.125. The van der Waals surface area contributed by atoms with E-state index >= 15 is 0 Å². The molecule has 4 heteroatoms. The molecule has 0 fully saturated rings. The van der Waals surface area contributed by atoms with E-state index in [1.165, 1.54) is 9.13 Å². The zero-order valence-electron chi connectivity index (χ0n) is 6.14. The molecule has 0 saturated carbocycles. The van der Waals surface area contributed by atoms with Gasteiger partial charge in [0.2, 0.25) is 0 Å². The Bertz CT molecular complexity index is 410. The molecule has 1 N–H and O–H groups in total. The predicted octanol–water partition coefficient (Wildman–Crippen LogP) is 3.06. The van der Waals surface area contributed by atoms with Gasteiger partial charge in [-0.15, -0.1) is 0 Å². The first-order valence-corrected chi connectivity index (χ1v) is 5.69. The summed E-state index contributed by atoms with van der Waals surface area (Å²) in [5, 5.41) is 0.852. The number of aromatic nitrogens is 2. The Morgan fingerprint density at radius 3 is 3.08 bits per heavy atom. The van der Waals surface area contributed by atoms with Crippen molar-refractivity contribution in [1.82, 2.24) is 9.97 Å². The molecule has 0 bridgehead atoms. The van der Waals surface area contributed by atoms with Gasteiger partial charge in [-0.1, -0.05) is 15.9 Å². The van der Waals surface area contributed by atoms with Gasteiger partial charge in [0, 0.05) is 8.90 Å². The van der Waals surface area contributed by atoms with E-state index in [0.29, 0.717) is 0 Å². The van der Waals surface area contributed by atoms with Crippen LogP contribution in [-0.4, -0.2) is 9.97 Å². The maximum absolute atomic E-state index is 4.24. The quantitative estimate of drug-likeness (QED) is 0.629. The van der Waals surface area contributed by atoms with Gasteiger partial charge in [0.1, 0.15) is 0 Å². The number of hydrogen-bond acceptors (Lipinski definition) is 1. The van der Waals surface area contributed by atoms with Crippen molar-refractivity contribution in [2.75, 3.05) is 0 Å². The van der Waals surface area contributed by atoms with Gasteiger partial charge in [-0.05, 0) is 40.3 Å². The third-order valence-corrected chi connectivity index (χ3v) is 2.94. The van der Waals surface area contributed by atoms with Crippen LogP contribution in [0, 0.1) is 3.57 Å². The topological polar surface area (TPSA) is 28.7 Å². The van der Waals surface area contributed by atoms with E-state index in [1.54, 1.807) is 6.33 Å².